The van der Waals surface area contributed by atoms with Gasteiger partial charge in [0.05, 0.1) is 6.20 Å². The van der Waals surface area contributed by atoms with Gasteiger partial charge in [-0.15, -0.1) is 0 Å². The zero-order chi connectivity index (χ0) is 9.42. The van der Waals surface area contributed by atoms with Gasteiger partial charge in [-0.2, -0.15) is 0 Å². The van der Waals surface area contributed by atoms with Crippen molar-refractivity contribution in [1.82, 2.24) is 5.16 Å². The lowest BCUT2D eigenvalue weighted by molar-refractivity contribution is 0.407. The molecular formula is C11H13NO. The molecule has 1 unspecified atom stereocenters. The standard InChI is InChI=1S/C11H13NO/c1-7(2)9-5-4-8(3)11-10(9)6-12-13-11/h4,6,9H,1,5H2,2-3H3. The molecule has 1 aromatic rings. The molecule has 0 aliphatic heterocycles. The third-order valence-corrected chi connectivity index (χ3v) is 2.59. The number of hydrogen-bond acceptors (Lipinski definition) is 2. The second-order valence-electron chi connectivity index (χ2n) is 3.63. The van der Waals surface area contributed by atoms with Crippen molar-refractivity contribution in [3.63, 3.8) is 0 Å². The lowest BCUT2D eigenvalue weighted by atomic mass is 9.84. The predicted octanol–water partition coefficient (Wildman–Crippen LogP) is 3.14. The Kier molecular flexibility index (Phi) is 1.83. The number of hydrogen-bond donors (Lipinski definition) is 0. The van der Waals surface area contributed by atoms with Crippen molar-refractivity contribution in [2.75, 3.05) is 0 Å². The summed E-state index contributed by atoms with van der Waals surface area (Å²) in [6, 6.07) is 0. The van der Waals surface area contributed by atoms with Gasteiger partial charge >= 0.3 is 0 Å². The first-order valence-electron chi connectivity index (χ1n) is 4.47. The maximum Gasteiger partial charge on any atom is 0.166 e. The molecule has 1 aliphatic carbocycles. The van der Waals surface area contributed by atoms with Crippen molar-refractivity contribution in [3.05, 3.63) is 35.7 Å². The fourth-order valence-corrected chi connectivity index (χ4v) is 1.78. The Bertz CT molecular complexity index is 373. The third-order valence-electron chi connectivity index (χ3n) is 2.59. The van der Waals surface area contributed by atoms with Crippen molar-refractivity contribution in [1.29, 1.82) is 0 Å². The monoisotopic (exact) mass is 175 g/mol. The first-order valence-corrected chi connectivity index (χ1v) is 4.47. The summed E-state index contributed by atoms with van der Waals surface area (Å²) in [6.45, 7) is 8.09. The van der Waals surface area contributed by atoms with E-state index in [0.29, 0.717) is 5.92 Å². The van der Waals surface area contributed by atoms with E-state index in [4.69, 9.17) is 4.52 Å². The summed E-state index contributed by atoms with van der Waals surface area (Å²) in [5, 5.41) is 3.83. The summed E-state index contributed by atoms with van der Waals surface area (Å²) in [7, 11) is 0. The van der Waals surface area contributed by atoms with Crippen LogP contribution in [0.5, 0.6) is 0 Å². The van der Waals surface area contributed by atoms with Crippen LogP contribution in [0.25, 0.3) is 5.57 Å². The van der Waals surface area contributed by atoms with Crippen molar-refractivity contribution < 1.29 is 4.52 Å². The first-order chi connectivity index (χ1) is 6.20. The predicted molar refractivity (Wildman–Crippen MR) is 52.3 cm³/mol. The van der Waals surface area contributed by atoms with E-state index in [0.717, 1.165) is 12.2 Å². The molecule has 0 aromatic carbocycles. The number of aromatic nitrogens is 1. The molecule has 1 aliphatic rings. The maximum atomic E-state index is 5.19. The summed E-state index contributed by atoms with van der Waals surface area (Å²) in [5.74, 6) is 1.32. The Balaban J connectivity index is 2.49. The molecule has 0 spiro atoms. The van der Waals surface area contributed by atoms with E-state index in [-0.39, 0.29) is 0 Å². The van der Waals surface area contributed by atoms with E-state index in [9.17, 15) is 0 Å². The molecule has 0 bridgehead atoms. The molecule has 68 valence electrons. The quantitative estimate of drug-likeness (QED) is 0.613. The molecule has 2 rings (SSSR count). The van der Waals surface area contributed by atoms with Crippen LogP contribution in [0.1, 0.15) is 37.5 Å². The second kappa shape index (κ2) is 2.87. The largest absolute Gasteiger partial charge is 0.356 e. The minimum absolute atomic E-state index is 0.393. The van der Waals surface area contributed by atoms with Crippen LogP contribution in [0.2, 0.25) is 0 Å². The average molecular weight is 175 g/mol. The smallest absolute Gasteiger partial charge is 0.166 e. The minimum Gasteiger partial charge on any atom is -0.356 e. The van der Waals surface area contributed by atoms with E-state index in [1.54, 1.807) is 0 Å². The van der Waals surface area contributed by atoms with Gasteiger partial charge < -0.3 is 4.52 Å². The lowest BCUT2D eigenvalue weighted by Gasteiger charge is -2.18. The summed E-state index contributed by atoms with van der Waals surface area (Å²) in [5.41, 5.74) is 3.55. The van der Waals surface area contributed by atoms with E-state index >= 15 is 0 Å². The highest BCUT2D eigenvalue weighted by molar-refractivity contribution is 5.65. The van der Waals surface area contributed by atoms with Crippen LogP contribution in [-0.2, 0) is 0 Å². The molecular weight excluding hydrogens is 162 g/mol. The van der Waals surface area contributed by atoms with Crippen LogP contribution < -0.4 is 0 Å². The third kappa shape index (κ3) is 1.22. The summed E-state index contributed by atoms with van der Waals surface area (Å²) >= 11 is 0. The van der Waals surface area contributed by atoms with Crippen molar-refractivity contribution in [2.45, 2.75) is 26.2 Å². The molecule has 0 fully saturated rings. The molecule has 1 heterocycles. The Hall–Kier alpha value is -1.31. The number of rotatable bonds is 1. The van der Waals surface area contributed by atoms with Gasteiger partial charge in [-0.05, 0) is 25.8 Å². The highest BCUT2D eigenvalue weighted by Crippen LogP contribution is 2.37. The Morgan fingerprint density at radius 3 is 3.15 bits per heavy atom. The van der Waals surface area contributed by atoms with E-state index < -0.39 is 0 Å². The molecule has 1 atom stereocenters. The molecule has 0 saturated heterocycles. The maximum absolute atomic E-state index is 5.19. The van der Waals surface area contributed by atoms with Gasteiger partial charge in [-0.1, -0.05) is 23.4 Å². The number of allylic oxidation sites excluding steroid dienone is 3. The molecule has 2 heteroatoms. The zero-order valence-corrected chi connectivity index (χ0v) is 8.00. The molecule has 0 radical (unpaired) electrons. The summed E-state index contributed by atoms with van der Waals surface area (Å²) < 4.78 is 5.19. The average Bonchev–Trinajstić information content (AvgIpc) is 2.53. The van der Waals surface area contributed by atoms with Gasteiger partial charge in [0.15, 0.2) is 5.76 Å². The first kappa shape index (κ1) is 8.30. The van der Waals surface area contributed by atoms with Gasteiger partial charge in [-0.25, -0.2) is 0 Å². The highest BCUT2D eigenvalue weighted by Gasteiger charge is 2.23. The Morgan fingerprint density at radius 1 is 1.69 bits per heavy atom. The Morgan fingerprint density at radius 2 is 2.46 bits per heavy atom. The van der Waals surface area contributed by atoms with Gasteiger partial charge in [0, 0.05) is 11.5 Å². The number of nitrogens with zero attached hydrogens (tertiary/aromatic N) is 1. The zero-order valence-electron chi connectivity index (χ0n) is 8.00. The van der Waals surface area contributed by atoms with Crippen molar-refractivity contribution >= 4 is 5.57 Å². The van der Waals surface area contributed by atoms with Crippen molar-refractivity contribution in [3.8, 4) is 0 Å². The fourth-order valence-electron chi connectivity index (χ4n) is 1.78. The highest BCUT2D eigenvalue weighted by atomic mass is 16.5. The topological polar surface area (TPSA) is 26.0 Å². The SMILES string of the molecule is C=C(C)C1CC=C(C)c2oncc21. The molecule has 1 aromatic heterocycles. The van der Waals surface area contributed by atoms with Gasteiger partial charge in [-0.3, -0.25) is 0 Å². The van der Waals surface area contributed by atoms with Crippen LogP contribution in [0.4, 0.5) is 0 Å². The molecule has 2 nitrogen and oxygen atoms in total. The van der Waals surface area contributed by atoms with Gasteiger partial charge in [0.2, 0.25) is 0 Å². The van der Waals surface area contributed by atoms with Crippen LogP contribution in [0, 0.1) is 0 Å². The summed E-state index contributed by atoms with van der Waals surface area (Å²) in [6.07, 6.45) is 5.02. The molecule has 0 saturated carbocycles. The Labute approximate surface area is 77.9 Å². The van der Waals surface area contributed by atoms with E-state index in [1.165, 1.54) is 16.7 Å². The van der Waals surface area contributed by atoms with Crippen LogP contribution in [0.3, 0.4) is 0 Å². The van der Waals surface area contributed by atoms with Gasteiger partial charge in [0.1, 0.15) is 0 Å². The van der Waals surface area contributed by atoms with Crippen LogP contribution >= 0.6 is 0 Å². The lowest BCUT2D eigenvalue weighted by Crippen LogP contribution is -2.04. The fraction of sp³-hybridized carbons (Fsp3) is 0.364. The van der Waals surface area contributed by atoms with Crippen LogP contribution in [-0.4, -0.2) is 5.16 Å². The minimum atomic E-state index is 0.393. The second-order valence-corrected chi connectivity index (χ2v) is 3.63. The van der Waals surface area contributed by atoms with Crippen molar-refractivity contribution in [2.24, 2.45) is 0 Å². The molecule has 0 N–H and O–H groups in total. The van der Waals surface area contributed by atoms with Crippen LogP contribution in [0.15, 0.2) is 28.9 Å². The van der Waals surface area contributed by atoms with E-state index in [1.807, 2.05) is 6.20 Å². The molecule has 13 heavy (non-hydrogen) atoms. The summed E-state index contributed by atoms with van der Waals surface area (Å²) in [4.78, 5) is 0. The normalized spacial score (nSPS) is 20.8. The number of fused-ring (bicyclic) bond motifs is 1. The van der Waals surface area contributed by atoms with Gasteiger partial charge in [0.25, 0.3) is 0 Å². The molecule has 0 amide bonds. The van der Waals surface area contributed by atoms with E-state index in [2.05, 4.69) is 31.7 Å².